The standard InChI is InChI=1S/C14H18N2OS/c1-10-7-8-16(9-10)14(17)12(13(15)18)11-5-3-2-4-6-11/h2-6,10,12H,7-9H2,1H3,(H2,15,18). The minimum Gasteiger partial charge on any atom is -0.392 e. The second kappa shape index (κ2) is 5.48. The Bertz CT molecular complexity index is 446. The first-order chi connectivity index (χ1) is 8.59. The van der Waals surface area contributed by atoms with Crippen molar-refractivity contribution in [1.29, 1.82) is 0 Å². The van der Waals surface area contributed by atoms with Crippen LogP contribution in [0.2, 0.25) is 0 Å². The Morgan fingerprint density at radius 2 is 2.11 bits per heavy atom. The van der Waals surface area contributed by atoms with Gasteiger partial charge in [0.2, 0.25) is 5.91 Å². The summed E-state index contributed by atoms with van der Waals surface area (Å²) in [5.74, 6) is 0.126. The Kier molecular flexibility index (Phi) is 3.97. The molecule has 1 aromatic carbocycles. The van der Waals surface area contributed by atoms with Crippen LogP contribution in [-0.4, -0.2) is 28.9 Å². The second-order valence-electron chi connectivity index (χ2n) is 4.92. The van der Waals surface area contributed by atoms with Crippen molar-refractivity contribution >= 4 is 23.1 Å². The van der Waals surface area contributed by atoms with Crippen molar-refractivity contribution in [3.8, 4) is 0 Å². The summed E-state index contributed by atoms with van der Waals surface area (Å²) in [5, 5.41) is 0. The van der Waals surface area contributed by atoms with Crippen molar-refractivity contribution in [2.45, 2.75) is 19.3 Å². The maximum Gasteiger partial charge on any atom is 0.236 e. The lowest BCUT2D eigenvalue weighted by Gasteiger charge is -2.23. The van der Waals surface area contributed by atoms with E-state index >= 15 is 0 Å². The number of hydrogen-bond acceptors (Lipinski definition) is 2. The molecule has 18 heavy (non-hydrogen) atoms. The Hall–Kier alpha value is -1.42. The number of amides is 1. The van der Waals surface area contributed by atoms with E-state index in [1.165, 1.54) is 0 Å². The molecule has 0 saturated carbocycles. The SMILES string of the molecule is CC1CCN(C(=O)C(C(N)=S)c2ccccc2)C1. The van der Waals surface area contributed by atoms with Gasteiger partial charge in [0.05, 0.1) is 4.99 Å². The van der Waals surface area contributed by atoms with Crippen LogP contribution < -0.4 is 5.73 Å². The van der Waals surface area contributed by atoms with E-state index in [1.54, 1.807) is 0 Å². The van der Waals surface area contributed by atoms with E-state index in [0.717, 1.165) is 25.1 Å². The molecule has 4 heteroatoms. The van der Waals surface area contributed by atoms with Crippen LogP contribution in [-0.2, 0) is 4.79 Å². The van der Waals surface area contributed by atoms with Crippen molar-refractivity contribution in [2.75, 3.05) is 13.1 Å². The summed E-state index contributed by atoms with van der Waals surface area (Å²) in [7, 11) is 0. The molecule has 2 rings (SSSR count). The molecule has 1 aliphatic rings. The highest BCUT2D eigenvalue weighted by atomic mass is 32.1. The number of rotatable bonds is 3. The first kappa shape index (κ1) is 13.0. The zero-order chi connectivity index (χ0) is 13.1. The van der Waals surface area contributed by atoms with Gasteiger partial charge >= 0.3 is 0 Å². The number of hydrogen-bond donors (Lipinski definition) is 1. The van der Waals surface area contributed by atoms with E-state index in [2.05, 4.69) is 6.92 Å². The molecule has 1 amide bonds. The van der Waals surface area contributed by atoms with Gasteiger partial charge in [-0.3, -0.25) is 4.79 Å². The minimum absolute atomic E-state index is 0.0399. The summed E-state index contributed by atoms with van der Waals surface area (Å²) in [4.78, 5) is 14.6. The Balaban J connectivity index is 2.21. The summed E-state index contributed by atoms with van der Waals surface area (Å²) in [5.41, 5.74) is 6.64. The molecule has 0 radical (unpaired) electrons. The first-order valence-corrected chi connectivity index (χ1v) is 6.63. The molecule has 1 fully saturated rings. The maximum absolute atomic E-state index is 12.5. The van der Waals surface area contributed by atoms with Crippen LogP contribution in [0.15, 0.2) is 30.3 Å². The van der Waals surface area contributed by atoms with Crippen LogP contribution in [0.25, 0.3) is 0 Å². The van der Waals surface area contributed by atoms with Gasteiger partial charge in [0.15, 0.2) is 0 Å². The zero-order valence-corrected chi connectivity index (χ0v) is 11.3. The van der Waals surface area contributed by atoms with Gasteiger partial charge in [-0.05, 0) is 17.9 Å². The fourth-order valence-corrected chi connectivity index (χ4v) is 2.63. The highest BCUT2D eigenvalue weighted by Gasteiger charge is 2.31. The molecule has 96 valence electrons. The van der Waals surface area contributed by atoms with E-state index in [-0.39, 0.29) is 10.9 Å². The highest BCUT2D eigenvalue weighted by molar-refractivity contribution is 7.80. The van der Waals surface area contributed by atoms with Gasteiger partial charge < -0.3 is 10.6 Å². The summed E-state index contributed by atoms with van der Waals surface area (Å²) < 4.78 is 0. The molecular formula is C14H18N2OS. The van der Waals surface area contributed by atoms with E-state index in [0.29, 0.717) is 5.92 Å². The molecule has 2 atom stereocenters. The molecule has 0 bridgehead atoms. The number of nitrogens with two attached hydrogens (primary N) is 1. The van der Waals surface area contributed by atoms with Crippen molar-refractivity contribution in [3.63, 3.8) is 0 Å². The van der Waals surface area contributed by atoms with Crippen LogP contribution in [0, 0.1) is 5.92 Å². The fourth-order valence-electron chi connectivity index (χ4n) is 2.39. The Morgan fingerprint density at radius 1 is 1.44 bits per heavy atom. The third-order valence-corrected chi connectivity index (χ3v) is 3.64. The number of benzene rings is 1. The van der Waals surface area contributed by atoms with Crippen molar-refractivity contribution in [2.24, 2.45) is 11.7 Å². The quantitative estimate of drug-likeness (QED) is 0.847. The predicted molar refractivity (Wildman–Crippen MR) is 76.3 cm³/mol. The van der Waals surface area contributed by atoms with Crippen molar-refractivity contribution in [3.05, 3.63) is 35.9 Å². The van der Waals surface area contributed by atoms with E-state index in [9.17, 15) is 4.79 Å². The van der Waals surface area contributed by atoms with Crippen LogP contribution >= 0.6 is 12.2 Å². The third kappa shape index (κ3) is 2.70. The third-order valence-electron chi connectivity index (χ3n) is 3.40. The van der Waals surface area contributed by atoms with Gasteiger partial charge in [-0.2, -0.15) is 0 Å². The van der Waals surface area contributed by atoms with Crippen LogP contribution in [0.1, 0.15) is 24.8 Å². The maximum atomic E-state index is 12.5. The average Bonchev–Trinajstić information content (AvgIpc) is 2.77. The van der Waals surface area contributed by atoms with Gasteiger partial charge in [0, 0.05) is 13.1 Å². The lowest BCUT2D eigenvalue weighted by Crippen LogP contribution is -2.38. The van der Waals surface area contributed by atoms with Gasteiger partial charge in [0.1, 0.15) is 5.92 Å². The van der Waals surface area contributed by atoms with Gasteiger partial charge in [0.25, 0.3) is 0 Å². The predicted octanol–water partition coefficient (Wildman–Crippen LogP) is 1.92. The second-order valence-corrected chi connectivity index (χ2v) is 5.40. The molecule has 0 aromatic heterocycles. The average molecular weight is 262 g/mol. The highest BCUT2D eigenvalue weighted by Crippen LogP contribution is 2.23. The molecule has 0 spiro atoms. The summed E-state index contributed by atoms with van der Waals surface area (Å²) >= 11 is 5.07. The molecule has 3 nitrogen and oxygen atoms in total. The van der Waals surface area contributed by atoms with Crippen LogP contribution in [0.3, 0.4) is 0 Å². The molecule has 1 aromatic rings. The molecule has 0 aliphatic carbocycles. The van der Waals surface area contributed by atoms with Gasteiger partial charge in [-0.25, -0.2) is 0 Å². The lowest BCUT2D eigenvalue weighted by atomic mass is 9.97. The number of nitrogens with zero attached hydrogens (tertiary/aromatic N) is 1. The molecule has 2 unspecified atom stereocenters. The summed E-state index contributed by atoms with van der Waals surface area (Å²) in [6.07, 6.45) is 1.06. The van der Waals surface area contributed by atoms with Crippen molar-refractivity contribution in [1.82, 2.24) is 4.90 Å². The monoisotopic (exact) mass is 262 g/mol. The zero-order valence-electron chi connectivity index (χ0n) is 10.5. The van der Waals surface area contributed by atoms with E-state index < -0.39 is 5.92 Å². The number of carbonyl (C=O) groups excluding carboxylic acids is 1. The molecule has 1 saturated heterocycles. The number of carbonyl (C=O) groups is 1. The van der Waals surface area contributed by atoms with Gasteiger partial charge in [-0.15, -0.1) is 0 Å². The molecule has 2 N–H and O–H groups in total. The largest absolute Gasteiger partial charge is 0.392 e. The van der Waals surface area contributed by atoms with Crippen LogP contribution in [0.4, 0.5) is 0 Å². The van der Waals surface area contributed by atoms with E-state index in [4.69, 9.17) is 18.0 Å². The first-order valence-electron chi connectivity index (χ1n) is 6.22. The van der Waals surface area contributed by atoms with Crippen molar-refractivity contribution < 1.29 is 4.79 Å². The Labute approximate surface area is 113 Å². The minimum atomic E-state index is -0.480. The fraction of sp³-hybridized carbons (Fsp3) is 0.429. The molecule has 1 aliphatic heterocycles. The Morgan fingerprint density at radius 3 is 2.61 bits per heavy atom. The summed E-state index contributed by atoms with van der Waals surface area (Å²) in [6, 6.07) is 9.53. The molecular weight excluding hydrogens is 244 g/mol. The van der Waals surface area contributed by atoms with Gasteiger partial charge in [-0.1, -0.05) is 49.5 Å². The molecule has 1 heterocycles. The smallest absolute Gasteiger partial charge is 0.236 e. The lowest BCUT2D eigenvalue weighted by molar-refractivity contribution is -0.130. The normalized spacial score (nSPS) is 20.7. The van der Waals surface area contributed by atoms with Crippen LogP contribution in [0.5, 0.6) is 0 Å². The summed E-state index contributed by atoms with van der Waals surface area (Å²) in [6.45, 7) is 3.78. The number of likely N-dealkylation sites (tertiary alicyclic amines) is 1. The van der Waals surface area contributed by atoms with E-state index in [1.807, 2.05) is 35.2 Å². The topological polar surface area (TPSA) is 46.3 Å². The number of thiocarbonyl (C=S) groups is 1.